The van der Waals surface area contributed by atoms with Crippen LogP contribution >= 0.6 is 11.6 Å². The summed E-state index contributed by atoms with van der Waals surface area (Å²) < 4.78 is 0. The summed E-state index contributed by atoms with van der Waals surface area (Å²) in [7, 11) is 0. The van der Waals surface area contributed by atoms with Gasteiger partial charge in [-0.15, -0.1) is 0 Å². The number of hydrogen-bond donors (Lipinski definition) is 0. The number of halogens is 1. The van der Waals surface area contributed by atoms with Gasteiger partial charge in [-0.05, 0) is 6.42 Å². The minimum absolute atomic E-state index is 0.130. The number of carbonyl (C=O) groups is 2. The normalized spacial score (nSPS) is 15.9. The third kappa shape index (κ3) is 3.45. The highest BCUT2D eigenvalue weighted by Crippen LogP contribution is 2.09. The molecule has 1 aromatic rings. The molecule has 0 atom stereocenters. The molecule has 1 fully saturated rings. The molecule has 1 saturated heterocycles. The van der Waals surface area contributed by atoms with Crippen molar-refractivity contribution in [1.82, 2.24) is 19.8 Å². The summed E-state index contributed by atoms with van der Waals surface area (Å²) in [6, 6.07) is 0. The Kier molecular flexibility index (Phi) is 4.89. The molecular weight excluding hydrogens is 280 g/mol. The highest BCUT2D eigenvalue weighted by Gasteiger charge is 2.22. The van der Waals surface area contributed by atoms with E-state index < -0.39 is 0 Å². The summed E-state index contributed by atoms with van der Waals surface area (Å²) >= 11 is 5.66. The van der Waals surface area contributed by atoms with Crippen molar-refractivity contribution >= 4 is 23.4 Å². The van der Waals surface area contributed by atoms with Gasteiger partial charge in [0.2, 0.25) is 5.91 Å². The molecule has 1 aliphatic heterocycles. The molecule has 2 heterocycles. The minimum atomic E-state index is -0.167. The molecule has 7 heteroatoms. The van der Waals surface area contributed by atoms with Gasteiger partial charge in [-0.25, -0.2) is 9.97 Å². The Labute approximate surface area is 122 Å². The molecule has 0 aliphatic carbocycles. The van der Waals surface area contributed by atoms with Crippen LogP contribution in [0.5, 0.6) is 0 Å². The van der Waals surface area contributed by atoms with E-state index in [9.17, 15) is 9.59 Å². The van der Waals surface area contributed by atoms with Crippen LogP contribution in [0.15, 0.2) is 12.4 Å². The molecule has 6 nitrogen and oxygen atoms in total. The van der Waals surface area contributed by atoms with Gasteiger partial charge in [0.15, 0.2) is 0 Å². The summed E-state index contributed by atoms with van der Waals surface area (Å²) in [6.45, 7) is 4.26. The molecule has 1 aromatic heterocycles. The van der Waals surface area contributed by atoms with Gasteiger partial charge in [-0.1, -0.05) is 18.5 Å². The largest absolute Gasteiger partial charge is 0.341 e. The molecule has 0 unspecified atom stereocenters. The molecule has 20 heavy (non-hydrogen) atoms. The van der Waals surface area contributed by atoms with E-state index in [0.29, 0.717) is 32.6 Å². The summed E-state index contributed by atoms with van der Waals surface area (Å²) in [5.74, 6) is -0.0365. The molecule has 108 valence electrons. The molecule has 0 bridgehead atoms. The van der Waals surface area contributed by atoms with E-state index >= 15 is 0 Å². The Morgan fingerprint density at radius 2 is 1.85 bits per heavy atom. The van der Waals surface area contributed by atoms with Gasteiger partial charge in [0.05, 0.1) is 12.4 Å². The van der Waals surface area contributed by atoms with Crippen molar-refractivity contribution in [2.75, 3.05) is 26.2 Å². The van der Waals surface area contributed by atoms with Crippen LogP contribution in [0.3, 0.4) is 0 Å². The Morgan fingerprint density at radius 3 is 2.50 bits per heavy atom. The van der Waals surface area contributed by atoms with Gasteiger partial charge >= 0.3 is 0 Å². The van der Waals surface area contributed by atoms with E-state index in [1.165, 1.54) is 12.4 Å². The summed E-state index contributed by atoms with van der Waals surface area (Å²) in [5.41, 5.74) is 0.282. The summed E-state index contributed by atoms with van der Waals surface area (Å²) in [5, 5.41) is 0.261. The molecule has 0 saturated carbocycles. The number of hydrogen-bond acceptors (Lipinski definition) is 4. The zero-order valence-electron chi connectivity index (χ0n) is 11.4. The van der Waals surface area contributed by atoms with Crippen LogP contribution in [0.4, 0.5) is 0 Å². The predicted octanol–water partition coefficient (Wildman–Crippen LogP) is 1.21. The van der Waals surface area contributed by atoms with Gasteiger partial charge in [-0.3, -0.25) is 9.59 Å². The molecule has 1 aliphatic rings. The first-order valence-corrected chi connectivity index (χ1v) is 7.04. The van der Waals surface area contributed by atoms with Crippen molar-refractivity contribution in [3.63, 3.8) is 0 Å². The van der Waals surface area contributed by atoms with Gasteiger partial charge in [0.25, 0.3) is 5.91 Å². The quantitative estimate of drug-likeness (QED) is 0.823. The number of rotatable bonds is 2. The van der Waals surface area contributed by atoms with E-state index in [1.807, 2.05) is 6.92 Å². The van der Waals surface area contributed by atoms with Crippen LogP contribution in [-0.2, 0) is 4.79 Å². The first-order chi connectivity index (χ1) is 9.61. The fourth-order valence-electron chi connectivity index (χ4n) is 2.18. The molecule has 0 spiro atoms. The fourth-order valence-corrected chi connectivity index (χ4v) is 2.28. The smallest absolute Gasteiger partial charge is 0.274 e. The molecule has 2 amide bonds. The number of amides is 2. The standard InChI is InChI=1S/C13H17ClN4O2/c1-2-12(19)17-4-3-5-18(7-6-17)13(20)10-8-16-11(14)9-15-10/h8-9H,2-7H2,1H3. The molecule has 0 N–H and O–H groups in total. The van der Waals surface area contributed by atoms with Crippen molar-refractivity contribution in [3.05, 3.63) is 23.2 Å². The van der Waals surface area contributed by atoms with Crippen LogP contribution in [0.2, 0.25) is 5.15 Å². The number of aromatic nitrogens is 2. The van der Waals surface area contributed by atoms with E-state index in [1.54, 1.807) is 9.80 Å². The molecule has 0 aromatic carbocycles. The van der Waals surface area contributed by atoms with Gasteiger partial charge in [0, 0.05) is 32.6 Å². The average Bonchev–Trinajstić information content (AvgIpc) is 2.72. The van der Waals surface area contributed by atoms with Gasteiger partial charge < -0.3 is 9.80 Å². The van der Waals surface area contributed by atoms with E-state index in [0.717, 1.165) is 6.42 Å². The van der Waals surface area contributed by atoms with Crippen LogP contribution in [0.1, 0.15) is 30.3 Å². The van der Waals surface area contributed by atoms with E-state index in [2.05, 4.69) is 9.97 Å². The molecule has 2 rings (SSSR count). The van der Waals surface area contributed by atoms with Crippen molar-refractivity contribution in [2.24, 2.45) is 0 Å². The number of carbonyl (C=O) groups excluding carboxylic acids is 2. The van der Waals surface area contributed by atoms with Crippen molar-refractivity contribution in [3.8, 4) is 0 Å². The summed E-state index contributed by atoms with van der Waals surface area (Å²) in [4.78, 5) is 35.3. The maximum atomic E-state index is 12.3. The third-order valence-electron chi connectivity index (χ3n) is 3.28. The predicted molar refractivity (Wildman–Crippen MR) is 74.4 cm³/mol. The first kappa shape index (κ1) is 14.7. The Hall–Kier alpha value is -1.69. The van der Waals surface area contributed by atoms with Crippen molar-refractivity contribution in [1.29, 1.82) is 0 Å². The van der Waals surface area contributed by atoms with Crippen molar-refractivity contribution < 1.29 is 9.59 Å². The minimum Gasteiger partial charge on any atom is -0.341 e. The zero-order chi connectivity index (χ0) is 14.5. The highest BCUT2D eigenvalue weighted by molar-refractivity contribution is 6.29. The maximum absolute atomic E-state index is 12.3. The first-order valence-electron chi connectivity index (χ1n) is 6.66. The topological polar surface area (TPSA) is 66.4 Å². The van der Waals surface area contributed by atoms with Crippen LogP contribution in [0, 0.1) is 0 Å². The Balaban J connectivity index is 2.01. The molecule has 0 radical (unpaired) electrons. The Bertz CT molecular complexity index is 492. The van der Waals surface area contributed by atoms with E-state index in [-0.39, 0.29) is 22.7 Å². The third-order valence-corrected chi connectivity index (χ3v) is 3.47. The lowest BCUT2D eigenvalue weighted by molar-refractivity contribution is -0.130. The second-order valence-electron chi connectivity index (χ2n) is 4.60. The van der Waals surface area contributed by atoms with Gasteiger partial charge in [0.1, 0.15) is 10.8 Å². The SMILES string of the molecule is CCC(=O)N1CCCN(C(=O)c2cnc(Cl)cn2)CC1. The van der Waals surface area contributed by atoms with Crippen LogP contribution in [-0.4, -0.2) is 57.8 Å². The second kappa shape index (κ2) is 6.65. The number of nitrogens with zero attached hydrogens (tertiary/aromatic N) is 4. The molecular formula is C13H17ClN4O2. The maximum Gasteiger partial charge on any atom is 0.274 e. The highest BCUT2D eigenvalue weighted by atomic mass is 35.5. The lowest BCUT2D eigenvalue weighted by Gasteiger charge is -2.21. The van der Waals surface area contributed by atoms with E-state index in [4.69, 9.17) is 11.6 Å². The Morgan fingerprint density at radius 1 is 1.15 bits per heavy atom. The average molecular weight is 297 g/mol. The fraction of sp³-hybridized carbons (Fsp3) is 0.538. The van der Waals surface area contributed by atoms with Crippen molar-refractivity contribution in [2.45, 2.75) is 19.8 Å². The van der Waals surface area contributed by atoms with Crippen LogP contribution in [0.25, 0.3) is 0 Å². The van der Waals surface area contributed by atoms with Crippen LogP contribution < -0.4 is 0 Å². The van der Waals surface area contributed by atoms with Gasteiger partial charge in [-0.2, -0.15) is 0 Å². The lowest BCUT2D eigenvalue weighted by atomic mass is 10.3. The monoisotopic (exact) mass is 296 g/mol. The second-order valence-corrected chi connectivity index (χ2v) is 4.99. The lowest BCUT2D eigenvalue weighted by Crippen LogP contribution is -2.37. The summed E-state index contributed by atoms with van der Waals surface area (Å²) in [6.07, 6.45) is 4.01. The zero-order valence-corrected chi connectivity index (χ0v) is 12.1.